The van der Waals surface area contributed by atoms with E-state index in [0.29, 0.717) is 22.4 Å². The molecule has 0 spiro atoms. The molecule has 5 nitrogen and oxygen atoms in total. The van der Waals surface area contributed by atoms with Crippen molar-refractivity contribution >= 4 is 35.0 Å². The van der Waals surface area contributed by atoms with E-state index in [4.69, 9.17) is 11.6 Å². The van der Waals surface area contributed by atoms with Gasteiger partial charge in [0.25, 0.3) is 0 Å². The Kier molecular flexibility index (Phi) is 6.54. The third-order valence-electron chi connectivity index (χ3n) is 4.17. The van der Waals surface area contributed by atoms with E-state index in [0.717, 1.165) is 17.0 Å². The van der Waals surface area contributed by atoms with Crippen molar-refractivity contribution in [3.63, 3.8) is 0 Å². The minimum Gasteiger partial charge on any atom is -0.325 e. The van der Waals surface area contributed by atoms with Gasteiger partial charge in [-0.1, -0.05) is 65.8 Å². The summed E-state index contributed by atoms with van der Waals surface area (Å²) in [5, 5.41) is 12.4. The minimum absolute atomic E-state index is 0.121. The third-order valence-corrected chi connectivity index (χ3v) is 5.48. The Hall–Kier alpha value is -2.57. The molecule has 0 aliphatic heterocycles. The number of rotatable bonds is 7. The summed E-state index contributed by atoms with van der Waals surface area (Å²) in [7, 11) is 0. The molecule has 0 fully saturated rings. The third kappa shape index (κ3) is 4.64. The molecule has 0 saturated heterocycles. The zero-order chi connectivity index (χ0) is 20.1. The number of aryl methyl sites for hydroxylation is 1. The molecule has 3 rings (SSSR count). The summed E-state index contributed by atoms with van der Waals surface area (Å²) in [6, 6.07) is 15.3. The van der Waals surface area contributed by atoms with Gasteiger partial charge in [-0.15, -0.1) is 16.8 Å². The maximum atomic E-state index is 12.7. The van der Waals surface area contributed by atoms with Gasteiger partial charge in [0.15, 0.2) is 11.0 Å². The van der Waals surface area contributed by atoms with E-state index in [1.807, 2.05) is 54.8 Å². The summed E-state index contributed by atoms with van der Waals surface area (Å²) in [5.74, 6) is 0.631. The van der Waals surface area contributed by atoms with Gasteiger partial charge in [-0.25, -0.2) is 0 Å². The van der Waals surface area contributed by atoms with E-state index in [-0.39, 0.29) is 11.2 Å². The van der Waals surface area contributed by atoms with Crippen LogP contribution in [-0.2, 0) is 11.3 Å². The molecule has 1 N–H and O–H groups in total. The van der Waals surface area contributed by atoms with Crippen LogP contribution in [0.5, 0.6) is 0 Å². The number of benzene rings is 2. The van der Waals surface area contributed by atoms with Gasteiger partial charge < -0.3 is 5.32 Å². The molecule has 144 valence electrons. The number of nitrogens with zero attached hydrogens (tertiary/aromatic N) is 3. The molecule has 1 amide bonds. The average Bonchev–Trinajstić information content (AvgIpc) is 3.08. The standard InChI is InChI=1S/C21H21ClN4OS/c1-4-12-26-19(16-8-6-5-7-9-16)24-25-21(26)28-15(3)20(27)23-18-13-17(22)11-10-14(18)2/h4-11,13,15H,1,12H2,2-3H3,(H,23,27). The number of nitrogens with one attached hydrogen (secondary N) is 1. The molecule has 1 aromatic heterocycles. The van der Waals surface area contributed by atoms with Crippen LogP contribution >= 0.6 is 23.4 Å². The number of thioether (sulfide) groups is 1. The second-order valence-corrected chi connectivity index (χ2v) is 8.02. The van der Waals surface area contributed by atoms with Crippen LogP contribution in [0.4, 0.5) is 5.69 Å². The second kappa shape index (κ2) is 9.08. The van der Waals surface area contributed by atoms with Crippen molar-refractivity contribution in [2.45, 2.75) is 30.8 Å². The predicted molar refractivity (Wildman–Crippen MR) is 116 cm³/mol. The highest BCUT2D eigenvalue weighted by atomic mass is 35.5. The van der Waals surface area contributed by atoms with Crippen LogP contribution in [0, 0.1) is 6.92 Å². The fourth-order valence-electron chi connectivity index (χ4n) is 2.65. The van der Waals surface area contributed by atoms with E-state index < -0.39 is 0 Å². The first-order valence-corrected chi connectivity index (χ1v) is 10.1. The highest BCUT2D eigenvalue weighted by Gasteiger charge is 2.21. The van der Waals surface area contributed by atoms with Crippen LogP contribution in [0.2, 0.25) is 5.02 Å². The van der Waals surface area contributed by atoms with Crippen molar-refractivity contribution < 1.29 is 4.79 Å². The van der Waals surface area contributed by atoms with Crippen molar-refractivity contribution in [1.82, 2.24) is 14.8 Å². The highest BCUT2D eigenvalue weighted by molar-refractivity contribution is 8.00. The lowest BCUT2D eigenvalue weighted by atomic mass is 10.2. The summed E-state index contributed by atoms with van der Waals surface area (Å²) in [6.07, 6.45) is 1.79. The van der Waals surface area contributed by atoms with Gasteiger partial charge in [0, 0.05) is 22.8 Å². The molecule has 0 bridgehead atoms. The van der Waals surface area contributed by atoms with Gasteiger partial charge >= 0.3 is 0 Å². The molecule has 3 aromatic rings. The Morgan fingerprint density at radius 3 is 2.75 bits per heavy atom. The summed E-state index contributed by atoms with van der Waals surface area (Å²) >= 11 is 7.40. The van der Waals surface area contributed by atoms with E-state index in [9.17, 15) is 4.79 Å². The fraction of sp³-hybridized carbons (Fsp3) is 0.190. The maximum absolute atomic E-state index is 12.7. The number of carbonyl (C=O) groups excluding carboxylic acids is 1. The van der Waals surface area contributed by atoms with Gasteiger partial charge in [-0.2, -0.15) is 0 Å². The normalized spacial score (nSPS) is 11.8. The Balaban J connectivity index is 1.79. The number of aromatic nitrogens is 3. The van der Waals surface area contributed by atoms with Crippen molar-refractivity contribution in [2.75, 3.05) is 5.32 Å². The molecule has 1 atom stereocenters. The lowest BCUT2D eigenvalue weighted by Crippen LogP contribution is -2.23. The van der Waals surface area contributed by atoms with Gasteiger partial charge in [-0.3, -0.25) is 9.36 Å². The summed E-state index contributed by atoms with van der Waals surface area (Å²) in [6.45, 7) is 8.15. The predicted octanol–water partition coefficient (Wildman–Crippen LogP) is 5.21. The molecular weight excluding hydrogens is 392 g/mol. The first-order valence-electron chi connectivity index (χ1n) is 8.82. The molecule has 28 heavy (non-hydrogen) atoms. The molecule has 7 heteroatoms. The zero-order valence-electron chi connectivity index (χ0n) is 15.7. The number of hydrogen-bond acceptors (Lipinski definition) is 4. The van der Waals surface area contributed by atoms with E-state index >= 15 is 0 Å². The zero-order valence-corrected chi connectivity index (χ0v) is 17.3. The largest absolute Gasteiger partial charge is 0.325 e. The smallest absolute Gasteiger partial charge is 0.237 e. The quantitative estimate of drug-likeness (QED) is 0.427. The minimum atomic E-state index is -0.366. The Bertz CT molecular complexity index is 987. The number of hydrogen-bond donors (Lipinski definition) is 1. The van der Waals surface area contributed by atoms with Crippen LogP contribution in [0.1, 0.15) is 12.5 Å². The molecule has 1 heterocycles. The Morgan fingerprint density at radius 2 is 2.04 bits per heavy atom. The van der Waals surface area contributed by atoms with Crippen molar-refractivity contribution in [2.24, 2.45) is 0 Å². The molecule has 1 unspecified atom stereocenters. The molecule has 0 aliphatic rings. The van der Waals surface area contributed by atoms with Crippen LogP contribution in [0.15, 0.2) is 66.3 Å². The number of allylic oxidation sites excluding steroid dienone is 1. The molecule has 0 aliphatic carbocycles. The molecular formula is C21H21ClN4OS. The first kappa shape index (κ1) is 20.2. The van der Waals surface area contributed by atoms with Gasteiger partial charge in [0.2, 0.25) is 5.91 Å². The van der Waals surface area contributed by atoms with Crippen LogP contribution in [-0.4, -0.2) is 25.9 Å². The lowest BCUT2D eigenvalue weighted by molar-refractivity contribution is -0.115. The first-order chi connectivity index (χ1) is 13.5. The van der Waals surface area contributed by atoms with Crippen molar-refractivity contribution in [3.05, 3.63) is 71.8 Å². The second-order valence-electron chi connectivity index (χ2n) is 6.28. The molecule has 0 saturated carbocycles. The number of carbonyl (C=O) groups is 1. The van der Waals surface area contributed by atoms with E-state index in [1.54, 1.807) is 18.2 Å². The summed E-state index contributed by atoms with van der Waals surface area (Å²) < 4.78 is 1.96. The fourth-order valence-corrected chi connectivity index (χ4v) is 3.68. The molecule has 0 radical (unpaired) electrons. The van der Waals surface area contributed by atoms with Crippen molar-refractivity contribution in [1.29, 1.82) is 0 Å². The van der Waals surface area contributed by atoms with Crippen LogP contribution < -0.4 is 5.32 Å². The maximum Gasteiger partial charge on any atom is 0.237 e. The topological polar surface area (TPSA) is 59.8 Å². The number of anilines is 1. The van der Waals surface area contributed by atoms with Crippen LogP contribution in [0.25, 0.3) is 11.4 Å². The Labute approximate surface area is 173 Å². The average molecular weight is 413 g/mol. The van der Waals surface area contributed by atoms with E-state index in [1.165, 1.54) is 11.8 Å². The summed E-state index contributed by atoms with van der Waals surface area (Å²) in [5.41, 5.74) is 2.63. The van der Waals surface area contributed by atoms with Gasteiger partial charge in [-0.05, 0) is 31.5 Å². The van der Waals surface area contributed by atoms with Gasteiger partial charge in [0.05, 0.1) is 5.25 Å². The Morgan fingerprint density at radius 1 is 1.29 bits per heavy atom. The molecule has 2 aromatic carbocycles. The summed E-state index contributed by atoms with van der Waals surface area (Å²) in [4.78, 5) is 12.7. The van der Waals surface area contributed by atoms with Gasteiger partial charge in [0.1, 0.15) is 0 Å². The van der Waals surface area contributed by atoms with E-state index in [2.05, 4.69) is 22.1 Å². The monoisotopic (exact) mass is 412 g/mol. The number of halogens is 1. The SMILES string of the molecule is C=CCn1c(SC(C)C(=O)Nc2cc(Cl)ccc2C)nnc1-c1ccccc1. The van der Waals surface area contributed by atoms with Crippen molar-refractivity contribution in [3.8, 4) is 11.4 Å². The number of amides is 1. The lowest BCUT2D eigenvalue weighted by Gasteiger charge is -2.14. The highest BCUT2D eigenvalue weighted by Crippen LogP contribution is 2.28. The van der Waals surface area contributed by atoms with Crippen LogP contribution in [0.3, 0.4) is 0 Å².